The first-order valence-electron chi connectivity index (χ1n) is 18.9. The maximum atomic E-state index is 6.36. The molecule has 4 aromatic carbocycles. The molecular formula is C43H58O8S2Si2. The molecule has 1 aliphatic carbocycles. The number of fused-ring (bicyclic) bond motifs is 3. The molecular weight excluding hydrogens is 765 g/mol. The van der Waals surface area contributed by atoms with Crippen LogP contribution in [-0.4, -0.2) is 96.5 Å². The van der Waals surface area contributed by atoms with E-state index in [4.69, 9.17) is 36.0 Å². The molecule has 0 radical (unpaired) electrons. The highest BCUT2D eigenvalue weighted by Gasteiger charge is 2.46. The van der Waals surface area contributed by atoms with Gasteiger partial charge in [-0.25, -0.2) is 0 Å². The van der Waals surface area contributed by atoms with E-state index in [1.54, 1.807) is 42.7 Å². The van der Waals surface area contributed by atoms with Crippen LogP contribution in [-0.2, 0) is 32.0 Å². The Labute approximate surface area is 339 Å². The largest absolute Gasteiger partial charge is 0.500 e. The van der Waals surface area contributed by atoms with Gasteiger partial charge in [0.2, 0.25) is 0 Å². The Balaban J connectivity index is 1.30. The van der Waals surface area contributed by atoms with E-state index in [0.29, 0.717) is 13.2 Å². The van der Waals surface area contributed by atoms with Crippen molar-refractivity contribution in [3.8, 4) is 22.6 Å². The SMILES string of the molecule is CO[Si](CCSCCCOc1ccc(C2(c3ccc(OCCCSCC[Si](OC)(OC)OC)c(C)c3)c3ccccc3-c3ccccc32)cc1C)(OC)OC. The molecule has 0 saturated heterocycles. The first-order valence-corrected chi connectivity index (χ1v) is 25.1. The van der Waals surface area contributed by atoms with E-state index in [1.807, 2.05) is 23.5 Å². The average Bonchev–Trinajstić information content (AvgIpc) is 3.52. The average molecular weight is 823 g/mol. The van der Waals surface area contributed by atoms with Gasteiger partial charge in [0.15, 0.2) is 0 Å². The van der Waals surface area contributed by atoms with Gasteiger partial charge in [-0.1, -0.05) is 72.8 Å². The van der Waals surface area contributed by atoms with Crippen LogP contribution in [0.2, 0.25) is 12.1 Å². The maximum Gasteiger partial charge on any atom is 0.500 e. The van der Waals surface area contributed by atoms with E-state index >= 15 is 0 Å². The Morgan fingerprint density at radius 3 is 1.24 bits per heavy atom. The minimum atomic E-state index is -2.53. The Morgan fingerprint density at radius 2 is 0.873 bits per heavy atom. The van der Waals surface area contributed by atoms with Crippen molar-refractivity contribution < 1.29 is 36.0 Å². The Kier molecular flexibility index (Phi) is 16.4. The van der Waals surface area contributed by atoms with Crippen LogP contribution < -0.4 is 9.47 Å². The summed E-state index contributed by atoms with van der Waals surface area (Å²) in [5.41, 5.74) is 9.31. The molecule has 0 aliphatic heterocycles. The molecule has 0 atom stereocenters. The van der Waals surface area contributed by atoms with E-state index in [-0.39, 0.29) is 0 Å². The zero-order valence-electron chi connectivity index (χ0n) is 33.7. The zero-order chi connectivity index (χ0) is 39.3. The monoisotopic (exact) mass is 822 g/mol. The van der Waals surface area contributed by atoms with Gasteiger partial charge in [0.05, 0.1) is 18.6 Å². The Morgan fingerprint density at radius 1 is 0.491 bits per heavy atom. The van der Waals surface area contributed by atoms with Crippen LogP contribution in [0.25, 0.3) is 11.1 Å². The van der Waals surface area contributed by atoms with E-state index in [9.17, 15) is 0 Å². The number of thioether (sulfide) groups is 2. The quantitative estimate of drug-likeness (QED) is 0.0444. The van der Waals surface area contributed by atoms with Gasteiger partial charge in [-0.15, -0.1) is 0 Å². The van der Waals surface area contributed by atoms with Crippen molar-refractivity contribution in [2.45, 2.75) is 44.2 Å². The minimum Gasteiger partial charge on any atom is -0.493 e. The molecule has 0 bridgehead atoms. The third kappa shape index (κ3) is 9.74. The first-order chi connectivity index (χ1) is 26.8. The highest BCUT2D eigenvalue weighted by atomic mass is 32.2. The maximum absolute atomic E-state index is 6.36. The van der Waals surface area contributed by atoms with Crippen LogP contribution in [0.15, 0.2) is 84.9 Å². The van der Waals surface area contributed by atoms with Crippen LogP contribution in [0.1, 0.15) is 46.2 Å². The number of ether oxygens (including phenoxy) is 2. The van der Waals surface area contributed by atoms with E-state index < -0.39 is 23.0 Å². The lowest BCUT2D eigenvalue weighted by Crippen LogP contribution is -2.43. The summed E-state index contributed by atoms with van der Waals surface area (Å²) >= 11 is 3.75. The molecule has 0 unspecified atom stereocenters. The van der Waals surface area contributed by atoms with Gasteiger partial charge in [0.1, 0.15) is 11.5 Å². The lowest BCUT2D eigenvalue weighted by atomic mass is 9.67. The van der Waals surface area contributed by atoms with Gasteiger partial charge >= 0.3 is 17.6 Å². The second-order valence-electron chi connectivity index (χ2n) is 13.5. The van der Waals surface area contributed by atoms with Crippen molar-refractivity contribution >= 4 is 41.1 Å². The van der Waals surface area contributed by atoms with Crippen molar-refractivity contribution in [2.24, 2.45) is 0 Å². The third-order valence-electron chi connectivity index (χ3n) is 10.5. The van der Waals surface area contributed by atoms with Crippen molar-refractivity contribution in [1.82, 2.24) is 0 Å². The highest BCUT2D eigenvalue weighted by molar-refractivity contribution is 7.99. The number of benzene rings is 4. The van der Waals surface area contributed by atoms with Gasteiger partial charge < -0.3 is 36.0 Å². The predicted molar refractivity (Wildman–Crippen MR) is 231 cm³/mol. The molecule has 12 heteroatoms. The number of hydrogen-bond donors (Lipinski definition) is 0. The van der Waals surface area contributed by atoms with E-state index in [1.165, 1.54) is 33.4 Å². The predicted octanol–water partition coefficient (Wildman–Crippen LogP) is 9.43. The lowest BCUT2D eigenvalue weighted by molar-refractivity contribution is 0.125. The van der Waals surface area contributed by atoms with Gasteiger partial charge in [-0.2, -0.15) is 23.5 Å². The van der Waals surface area contributed by atoms with Gasteiger partial charge in [0.25, 0.3) is 0 Å². The topological polar surface area (TPSA) is 73.8 Å². The summed E-state index contributed by atoms with van der Waals surface area (Å²) < 4.78 is 46.0. The molecule has 5 rings (SSSR count). The number of aryl methyl sites for hydroxylation is 2. The van der Waals surface area contributed by atoms with Crippen LogP contribution in [0.5, 0.6) is 11.5 Å². The van der Waals surface area contributed by atoms with E-state index in [0.717, 1.165) is 70.6 Å². The Bertz CT molecular complexity index is 1670. The normalized spacial score (nSPS) is 13.5. The molecule has 1 aliphatic rings. The molecule has 0 saturated carbocycles. The van der Waals surface area contributed by atoms with Crippen molar-refractivity contribution in [1.29, 1.82) is 0 Å². The molecule has 0 amide bonds. The lowest BCUT2D eigenvalue weighted by Gasteiger charge is -2.34. The smallest absolute Gasteiger partial charge is 0.493 e. The molecule has 55 heavy (non-hydrogen) atoms. The second-order valence-corrected chi connectivity index (χ2v) is 22.2. The fraction of sp³-hybridized carbons (Fsp3) is 0.442. The highest BCUT2D eigenvalue weighted by Crippen LogP contribution is 2.56. The second kappa shape index (κ2) is 20.7. The fourth-order valence-electron chi connectivity index (χ4n) is 7.51. The van der Waals surface area contributed by atoms with E-state index in [2.05, 4.69) is 98.8 Å². The number of hydrogen-bond acceptors (Lipinski definition) is 10. The third-order valence-corrected chi connectivity index (χ3v) is 18.8. The van der Waals surface area contributed by atoms with Crippen molar-refractivity contribution in [3.05, 3.63) is 118 Å². The van der Waals surface area contributed by atoms with Gasteiger partial charge in [-0.3, -0.25) is 0 Å². The summed E-state index contributed by atoms with van der Waals surface area (Å²) in [6.07, 6.45) is 1.90. The number of rotatable bonds is 24. The standard InChI is InChI=1S/C43H58O8S2Si2/c1-33-31-35(19-21-41(33)50-23-13-25-52-27-29-54(44-3,45-4)46-5)43(39-17-11-9-15-37(39)38-16-10-12-18-40(38)43)36-20-22-42(34(2)32-36)51-24-14-26-53-28-30-55(47-6,48-7)49-8/h9-12,15-22,31-32H,13-14,23-30H2,1-8H3. The van der Waals surface area contributed by atoms with Crippen LogP contribution in [0.3, 0.4) is 0 Å². The minimum absolute atomic E-state index is 0.497. The zero-order valence-corrected chi connectivity index (χ0v) is 37.4. The summed E-state index contributed by atoms with van der Waals surface area (Å²) in [5.74, 6) is 5.68. The summed E-state index contributed by atoms with van der Waals surface area (Å²) in [6, 6.07) is 32.7. The van der Waals surface area contributed by atoms with Crippen LogP contribution in [0, 0.1) is 13.8 Å². The summed E-state index contributed by atoms with van der Waals surface area (Å²) in [6.45, 7) is 5.62. The summed E-state index contributed by atoms with van der Waals surface area (Å²) in [4.78, 5) is 0. The Hall–Kier alpha value is -2.63. The van der Waals surface area contributed by atoms with Crippen molar-refractivity contribution in [3.63, 3.8) is 0 Å². The molecule has 0 spiro atoms. The summed E-state index contributed by atoms with van der Waals surface area (Å²) in [7, 11) is 4.92. The van der Waals surface area contributed by atoms with Crippen molar-refractivity contribution in [2.75, 3.05) is 78.9 Å². The molecule has 298 valence electrons. The van der Waals surface area contributed by atoms with Crippen LogP contribution in [0.4, 0.5) is 0 Å². The van der Waals surface area contributed by atoms with Crippen LogP contribution >= 0.6 is 23.5 Å². The molecule has 4 aromatic rings. The summed E-state index contributed by atoms with van der Waals surface area (Å²) in [5, 5.41) is 0. The fourth-order valence-corrected chi connectivity index (χ4v) is 13.9. The van der Waals surface area contributed by atoms with Gasteiger partial charge in [0, 0.05) is 54.7 Å². The first kappa shape index (κ1) is 43.5. The molecule has 0 heterocycles. The molecule has 8 nitrogen and oxygen atoms in total. The molecule has 0 aromatic heterocycles. The van der Waals surface area contributed by atoms with Gasteiger partial charge in [-0.05, 0) is 106 Å². The molecule has 0 fully saturated rings. The molecule has 0 N–H and O–H groups in total.